The molecule has 2 aliphatic rings. The normalized spacial score (nSPS) is 19.0. The SMILES string of the molecule is C=CC(=O)N1C[C@@H]2C[C@H]1CN2c1ccc2ncnc(Nc3ccc(OC(F)F)c(Cl)c3F)c2c1F. The van der Waals surface area contributed by atoms with Crippen molar-refractivity contribution < 1.29 is 27.1 Å². The predicted octanol–water partition coefficient (Wildman–Crippen LogP) is 4.88. The number of halogens is 5. The smallest absolute Gasteiger partial charge is 0.387 e. The van der Waals surface area contributed by atoms with E-state index in [0.29, 0.717) is 25.2 Å². The van der Waals surface area contributed by atoms with Crippen molar-refractivity contribution in [2.45, 2.75) is 25.1 Å². The van der Waals surface area contributed by atoms with Crippen molar-refractivity contribution in [2.75, 3.05) is 23.3 Å². The van der Waals surface area contributed by atoms with Gasteiger partial charge in [0.15, 0.2) is 11.6 Å². The number of amides is 1. The Morgan fingerprint density at radius 1 is 1.17 bits per heavy atom. The zero-order valence-electron chi connectivity index (χ0n) is 18.0. The van der Waals surface area contributed by atoms with E-state index in [1.807, 2.05) is 4.90 Å². The van der Waals surface area contributed by atoms with E-state index in [-0.39, 0.29) is 40.4 Å². The van der Waals surface area contributed by atoms with Crippen LogP contribution in [0.2, 0.25) is 5.02 Å². The van der Waals surface area contributed by atoms with Crippen molar-refractivity contribution in [3.05, 3.63) is 59.9 Å². The number of alkyl halides is 2. The van der Waals surface area contributed by atoms with E-state index in [1.165, 1.54) is 12.4 Å². The lowest BCUT2D eigenvalue weighted by atomic mass is 10.1. The maximum absolute atomic E-state index is 15.8. The highest BCUT2D eigenvalue weighted by Gasteiger charge is 2.45. The van der Waals surface area contributed by atoms with Gasteiger partial charge >= 0.3 is 6.61 Å². The van der Waals surface area contributed by atoms with Crippen LogP contribution in [0, 0.1) is 11.6 Å². The first-order valence-electron chi connectivity index (χ1n) is 10.6. The number of carbonyl (C=O) groups is 1. The second kappa shape index (κ2) is 8.88. The van der Waals surface area contributed by atoms with Gasteiger partial charge < -0.3 is 19.9 Å². The largest absolute Gasteiger partial charge is 0.433 e. The quantitative estimate of drug-likeness (QED) is 0.379. The summed E-state index contributed by atoms with van der Waals surface area (Å²) in [6.07, 6.45) is 3.17. The van der Waals surface area contributed by atoms with E-state index < -0.39 is 29.0 Å². The standard InChI is InChI=1S/C23H18ClF4N5O2/c1-2-17(34)33-9-11-7-12(33)8-32(11)15-5-3-13-18(21(15)26)22(30-10-29-13)31-14-4-6-16(35-23(27)28)19(24)20(14)25/h2-6,10-12,23H,1,7-9H2,(H,29,30,31)/t11-,12-/m0/s1. The number of fused-ring (bicyclic) bond motifs is 3. The highest BCUT2D eigenvalue weighted by molar-refractivity contribution is 6.32. The Morgan fingerprint density at radius 3 is 2.66 bits per heavy atom. The van der Waals surface area contributed by atoms with Gasteiger partial charge in [0.25, 0.3) is 0 Å². The van der Waals surface area contributed by atoms with Gasteiger partial charge in [-0.25, -0.2) is 18.7 Å². The highest BCUT2D eigenvalue weighted by Crippen LogP contribution is 2.40. The molecule has 5 rings (SSSR count). The molecule has 12 heteroatoms. The number of rotatable bonds is 6. The molecule has 2 bridgehead atoms. The van der Waals surface area contributed by atoms with Crippen LogP contribution in [0.15, 0.2) is 43.2 Å². The fourth-order valence-electron chi connectivity index (χ4n) is 4.71. The molecule has 3 heterocycles. The van der Waals surface area contributed by atoms with Crippen molar-refractivity contribution >= 4 is 45.6 Å². The van der Waals surface area contributed by atoms with E-state index >= 15 is 4.39 Å². The molecule has 1 aromatic heterocycles. The van der Waals surface area contributed by atoms with Crippen LogP contribution in [0.25, 0.3) is 10.9 Å². The number of nitrogens with one attached hydrogen (secondary N) is 1. The molecule has 1 amide bonds. The Kier molecular flexibility index (Phi) is 5.87. The molecule has 0 radical (unpaired) electrons. The average Bonchev–Trinajstić information content (AvgIpc) is 3.44. The van der Waals surface area contributed by atoms with Crippen LogP contribution in [0.1, 0.15) is 6.42 Å². The fraction of sp³-hybridized carbons (Fsp3) is 0.261. The maximum Gasteiger partial charge on any atom is 0.387 e. The van der Waals surface area contributed by atoms with Gasteiger partial charge in [-0.1, -0.05) is 18.2 Å². The zero-order chi connectivity index (χ0) is 24.9. The number of ether oxygens (including phenoxy) is 1. The first-order chi connectivity index (χ1) is 16.8. The van der Waals surface area contributed by atoms with Gasteiger partial charge in [-0.2, -0.15) is 8.78 Å². The second-order valence-electron chi connectivity index (χ2n) is 8.15. The Bertz CT molecular complexity index is 1340. The molecule has 2 aliphatic heterocycles. The van der Waals surface area contributed by atoms with Crippen LogP contribution in [0.4, 0.5) is 34.8 Å². The van der Waals surface area contributed by atoms with Crippen LogP contribution in [-0.2, 0) is 4.79 Å². The summed E-state index contributed by atoms with van der Waals surface area (Å²) in [5, 5.41) is 2.05. The molecular weight excluding hydrogens is 490 g/mol. The van der Waals surface area contributed by atoms with E-state index in [2.05, 4.69) is 26.6 Å². The average molecular weight is 508 g/mol. The van der Waals surface area contributed by atoms with Gasteiger partial charge in [-0.05, 0) is 36.8 Å². The minimum atomic E-state index is -3.17. The van der Waals surface area contributed by atoms with Gasteiger partial charge in [0.2, 0.25) is 5.91 Å². The summed E-state index contributed by atoms with van der Waals surface area (Å²) in [5.41, 5.74) is 0.383. The number of benzene rings is 2. The molecule has 0 saturated carbocycles. The third-order valence-electron chi connectivity index (χ3n) is 6.24. The fourth-order valence-corrected chi connectivity index (χ4v) is 4.92. The number of aromatic nitrogens is 2. The number of carbonyl (C=O) groups excluding carboxylic acids is 1. The summed E-state index contributed by atoms with van der Waals surface area (Å²) in [6, 6.07) is 5.35. The molecular formula is C23H18ClF4N5O2. The summed E-state index contributed by atoms with van der Waals surface area (Å²) in [5.74, 6) is -2.37. The van der Waals surface area contributed by atoms with Gasteiger partial charge in [-0.3, -0.25) is 4.79 Å². The number of piperazine rings is 1. The lowest BCUT2D eigenvalue weighted by molar-refractivity contribution is -0.127. The lowest BCUT2D eigenvalue weighted by Gasteiger charge is -2.35. The highest BCUT2D eigenvalue weighted by atomic mass is 35.5. The monoisotopic (exact) mass is 507 g/mol. The maximum atomic E-state index is 15.8. The Hall–Kier alpha value is -3.60. The molecule has 2 atom stereocenters. The minimum absolute atomic E-state index is 0.0234. The van der Waals surface area contributed by atoms with Crippen molar-refractivity contribution in [3.8, 4) is 5.75 Å². The van der Waals surface area contributed by atoms with Crippen molar-refractivity contribution in [2.24, 2.45) is 0 Å². The molecule has 1 N–H and O–H groups in total. The van der Waals surface area contributed by atoms with Crippen LogP contribution >= 0.6 is 11.6 Å². The van der Waals surface area contributed by atoms with E-state index in [0.717, 1.165) is 12.1 Å². The Balaban J connectivity index is 1.48. The molecule has 2 fully saturated rings. The van der Waals surface area contributed by atoms with Crippen molar-refractivity contribution in [1.82, 2.24) is 14.9 Å². The van der Waals surface area contributed by atoms with Gasteiger partial charge in [-0.15, -0.1) is 0 Å². The zero-order valence-corrected chi connectivity index (χ0v) is 18.8. The predicted molar refractivity (Wildman–Crippen MR) is 122 cm³/mol. The van der Waals surface area contributed by atoms with Crippen LogP contribution in [-0.4, -0.2) is 52.6 Å². The number of hydrogen-bond acceptors (Lipinski definition) is 6. The molecule has 2 aromatic carbocycles. The molecule has 0 spiro atoms. The van der Waals surface area contributed by atoms with E-state index in [9.17, 15) is 18.0 Å². The topological polar surface area (TPSA) is 70.6 Å². The molecule has 35 heavy (non-hydrogen) atoms. The minimum Gasteiger partial charge on any atom is -0.433 e. The Morgan fingerprint density at radius 2 is 1.97 bits per heavy atom. The van der Waals surface area contributed by atoms with Crippen LogP contribution in [0.5, 0.6) is 5.75 Å². The van der Waals surface area contributed by atoms with Crippen LogP contribution in [0.3, 0.4) is 0 Å². The Labute approximate surface area is 202 Å². The van der Waals surface area contributed by atoms with Gasteiger partial charge in [0.05, 0.1) is 28.3 Å². The number of hydrogen-bond donors (Lipinski definition) is 1. The number of anilines is 3. The molecule has 7 nitrogen and oxygen atoms in total. The van der Waals surface area contributed by atoms with Crippen LogP contribution < -0.4 is 15.0 Å². The molecule has 0 unspecified atom stereocenters. The summed E-state index contributed by atoms with van der Waals surface area (Å²) in [4.78, 5) is 23.8. The summed E-state index contributed by atoms with van der Waals surface area (Å²) in [7, 11) is 0. The third kappa shape index (κ3) is 3.99. The van der Waals surface area contributed by atoms with E-state index in [1.54, 1.807) is 17.0 Å². The third-order valence-corrected chi connectivity index (χ3v) is 6.60. The summed E-state index contributed by atoms with van der Waals surface area (Å²) in [6.45, 7) is 1.27. The first kappa shape index (κ1) is 23.2. The summed E-state index contributed by atoms with van der Waals surface area (Å²) < 4.78 is 59.8. The molecule has 0 aliphatic carbocycles. The van der Waals surface area contributed by atoms with Crippen molar-refractivity contribution in [3.63, 3.8) is 0 Å². The lowest BCUT2D eigenvalue weighted by Crippen LogP contribution is -2.48. The number of nitrogens with zero attached hydrogens (tertiary/aromatic N) is 4. The molecule has 182 valence electrons. The number of likely N-dealkylation sites (tertiary alicyclic amines) is 1. The molecule has 3 aromatic rings. The van der Waals surface area contributed by atoms with Gasteiger partial charge in [0.1, 0.15) is 22.9 Å². The second-order valence-corrected chi connectivity index (χ2v) is 8.53. The summed E-state index contributed by atoms with van der Waals surface area (Å²) >= 11 is 5.83. The van der Waals surface area contributed by atoms with E-state index in [4.69, 9.17) is 11.6 Å². The van der Waals surface area contributed by atoms with Gasteiger partial charge in [0, 0.05) is 19.1 Å². The van der Waals surface area contributed by atoms with Crippen molar-refractivity contribution in [1.29, 1.82) is 0 Å². The molecule has 2 saturated heterocycles. The first-order valence-corrected chi connectivity index (χ1v) is 11.0.